The summed E-state index contributed by atoms with van der Waals surface area (Å²) < 4.78 is 21.5. The van der Waals surface area contributed by atoms with Gasteiger partial charge >= 0.3 is 25.5 Å². The quantitative estimate of drug-likeness (QED) is 0.467. The van der Waals surface area contributed by atoms with E-state index < -0.39 is 64.1 Å². The third-order valence-corrected chi connectivity index (χ3v) is 3.73. The minimum atomic E-state index is -3.79. The average molecular weight is 298 g/mol. The van der Waals surface area contributed by atoms with Crippen molar-refractivity contribution in [1.82, 2.24) is 0 Å². The molecule has 0 bridgehead atoms. The van der Waals surface area contributed by atoms with E-state index in [1.54, 1.807) is 0 Å². The van der Waals surface area contributed by atoms with Crippen molar-refractivity contribution in [2.75, 3.05) is 19.4 Å². The van der Waals surface area contributed by atoms with Crippen LogP contribution in [0.3, 0.4) is 0 Å². The van der Waals surface area contributed by atoms with Crippen LogP contribution in [-0.4, -0.2) is 52.6 Å². The zero-order valence-corrected chi connectivity index (χ0v) is 10.9. The summed E-state index contributed by atoms with van der Waals surface area (Å²) in [6.45, 7) is -0.807. The molecule has 0 unspecified atom stereocenters. The highest BCUT2D eigenvalue weighted by Gasteiger charge is 2.26. The van der Waals surface area contributed by atoms with Crippen molar-refractivity contribution in [3.63, 3.8) is 0 Å². The van der Waals surface area contributed by atoms with Crippen LogP contribution in [0.2, 0.25) is 0 Å². The van der Waals surface area contributed by atoms with E-state index in [0.29, 0.717) is 0 Å². The summed E-state index contributed by atoms with van der Waals surface area (Å²) in [5.41, 5.74) is 0. The van der Waals surface area contributed by atoms with Gasteiger partial charge in [0.1, 0.15) is 0 Å². The average Bonchev–Trinajstić information content (AvgIpc) is 2.25. The van der Waals surface area contributed by atoms with E-state index in [2.05, 4.69) is 0 Å². The van der Waals surface area contributed by atoms with Gasteiger partial charge in [-0.1, -0.05) is 0 Å². The van der Waals surface area contributed by atoms with Crippen LogP contribution in [0.4, 0.5) is 0 Å². The van der Waals surface area contributed by atoms with E-state index in [4.69, 9.17) is 24.4 Å². The molecule has 0 aliphatic rings. The van der Waals surface area contributed by atoms with E-state index in [1.165, 1.54) is 0 Å². The number of carboxylic acid groups (broad SMARTS) is 3. The van der Waals surface area contributed by atoms with Gasteiger partial charge in [0.15, 0.2) is 0 Å². The first kappa shape index (κ1) is 17.6. The Kier molecular flexibility index (Phi) is 7.97. The molecule has 10 heteroatoms. The van der Waals surface area contributed by atoms with Crippen LogP contribution in [0.25, 0.3) is 0 Å². The third-order valence-electron chi connectivity index (χ3n) is 1.81. The van der Waals surface area contributed by atoms with Crippen LogP contribution in [0.15, 0.2) is 0 Å². The molecule has 0 spiro atoms. The molecule has 0 aliphatic heterocycles. The molecule has 19 heavy (non-hydrogen) atoms. The van der Waals surface area contributed by atoms with Gasteiger partial charge in [0, 0.05) is 0 Å². The van der Waals surface area contributed by atoms with Crippen LogP contribution >= 0.6 is 7.60 Å². The first-order valence-electron chi connectivity index (χ1n) is 5.29. The van der Waals surface area contributed by atoms with Gasteiger partial charge in [0.05, 0.1) is 38.6 Å². The first-order chi connectivity index (χ1) is 8.75. The van der Waals surface area contributed by atoms with E-state index >= 15 is 0 Å². The van der Waals surface area contributed by atoms with Crippen molar-refractivity contribution in [2.45, 2.75) is 19.3 Å². The fraction of sp³-hybridized carbons (Fsp3) is 0.667. The minimum absolute atomic E-state index is 0.403. The van der Waals surface area contributed by atoms with Gasteiger partial charge in [-0.2, -0.15) is 0 Å². The van der Waals surface area contributed by atoms with Crippen LogP contribution in [0.1, 0.15) is 19.3 Å². The number of hydrogen-bond donors (Lipinski definition) is 3. The molecule has 9 nitrogen and oxygen atoms in total. The maximum absolute atomic E-state index is 12.0. The molecular formula is C9H15O9P. The van der Waals surface area contributed by atoms with E-state index in [1.807, 2.05) is 0 Å². The molecule has 0 fully saturated rings. The lowest BCUT2D eigenvalue weighted by atomic mass is 10.5. The molecular weight excluding hydrogens is 283 g/mol. The molecule has 0 rings (SSSR count). The monoisotopic (exact) mass is 298 g/mol. The van der Waals surface area contributed by atoms with Gasteiger partial charge in [-0.25, -0.2) is 0 Å². The van der Waals surface area contributed by atoms with Crippen molar-refractivity contribution in [1.29, 1.82) is 0 Å². The number of hydrogen-bond acceptors (Lipinski definition) is 6. The molecule has 3 N–H and O–H groups in total. The van der Waals surface area contributed by atoms with Gasteiger partial charge in [-0.3, -0.25) is 18.9 Å². The molecule has 0 saturated carbocycles. The topological polar surface area (TPSA) is 147 Å². The number of aliphatic carboxylic acids is 3. The largest absolute Gasteiger partial charge is 0.481 e. The van der Waals surface area contributed by atoms with Crippen molar-refractivity contribution in [3.05, 3.63) is 0 Å². The SMILES string of the molecule is O=C(O)CCOP(=O)(CCC(=O)O)OCCC(=O)O. The summed E-state index contributed by atoms with van der Waals surface area (Å²) in [6, 6.07) is 0. The maximum atomic E-state index is 12.0. The molecule has 0 aromatic carbocycles. The second kappa shape index (κ2) is 8.63. The maximum Gasteiger partial charge on any atom is 0.331 e. The predicted molar refractivity (Wildman–Crippen MR) is 61.1 cm³/mol. The molecule has 0 radical (unpaired) electrons. The summed E-state index contributed by atoms with van der Waals surface area (Å²) in [5.74, 6) is -3.56. The van der Waals surface area contributed by atoms with Crippen LogP contribution < -0.4 is 0 Å². The molecule has 0 aliphatic carbocycles. The second-order valence-electron chi connectivity index (χ2n) is 3.43. The standard InChI is InChI=1S/C9H15O9P/c10-7(11)1-4-17-19(16,6-3-9(14)15)18-5-2-8(12)13/h1-6H2,(H,10,11)(H,12,13)(H,14,15). The lowest BCUT2D eigenvalue weighted by molar-refractivity contribution is -0.138. The number of carbonyl (C=O) groups is 3. The number of rotatable bonds is 11. The Hall–Kier alpha value is -1.44. The van der Waals surface area contributed by atoms with Gasteiger partial charge < -0.3 is 24.4 Å². The summed E-state index contributed by atoms with van der Waals surface area (Å²) in [7, 11) is -3.79. The summed E-state index contributed by atoms with van der Waals surface area (Å²) >= 11 is 0. The van der Waals surface area contributed by atoms with Crippen molar-refractivity contribution in [3.8, 4) is 0 Å². The van der Waals surface area contributed by atoms with Crippen LogP contribution in [0, 0.1) is 0 Å². The molecule has 0 saturated heterocycles. The lowest BCUT2D eigenvalue weighted by Gasteiger charge is -2.17. The molecule has 0 aromatic rings. The second-order valence-corrected chi connectivity index (χ2v) is 5.62. The Labute approximate surface area is 108 Å². The van der Waals surface area contributed by atoms with Crippen LogP contribution in [-0.2, 0) is 28.0 Å². The lowest BCUT2D eigenvalue weighted by Crippen LogP contribution is -2.10. The van der Waals surface area contributed by atoms with E-state index in [0.717, 1.165) is 0 Å². The highest BCUT2D eigenvalue weighted by atomic mass is 31.2. The zero-order chi connectivity index (χ0) is 14.9. The normalized spacial score (nSPS) is 11.2. The van der Waals surface area contributed by atoms with Gasteiger partial charge in [-0.15, -0.1) is 0 Å². The smallest absolute Gasteiger partial charge is 0.331 e. The Balaban J connectivity index is 4.34. The predicted octanol–water partition coefficient (Wildman–Crippen LogP) is 0.637. The third kappa shape index (κ3) is 10.2. The summed E-state index contributed by atoms with van der Waals surface area (Å²) in [6.07, 6.45) is -1.77. The Bertz CT molecular complexity index is 354. The van der Waals surface area contributed by atoms with Crippen molar-refractivity contribution < 1.29 is 43.3 Å². The van der Waals surface area contributed by atoms with Gasteiger partial charge in [0.2, 0.25) is 0 Å². The summed E-state index contributed by atoms with van der Waals surface area (Å²) in [4.78, 5) is 30.9. The van der Waals surface area contributed by atoms with Crippen molar-refractivity contribution >= 4 is 25.5 Å². The summed E-state index contributed by atoms with van der Waals surface area (Å²) in [5, 5.41) is 25.3. The van der Waals surface area contributed by atoms with Gasteiger partial charge in [0.25, 0.3) is 0 Å². The molecule has 110 valence electrons. The Morgan fingerprint density at radius 3 is 1.47 bits per heavy atom. The number of carboxylic acids is 3. The van der Waals surface area contributed by atoms with E-state index in [9.17, 15) is 18.9 Å². The molecule has 0 aromatic heterocycles. The fourth-order valence-electron chi connectivity index (χ4n) is 0.943. The zero-order valence-electron chi connectivity index (χ0n) is 9.98. The minimum Gasteiger partial charge on any atom is -0.481 e. The molecule has 0 atom stereocenters. The highest BCUT2D eigenvalue weighted by molar-refractivity contribution is 7.53. The molecule has 0 amide bonds. The fourth-order valence-corrected chi connectivity index (χ4v) is 2.48. The Morgan fingerprint density at radius 1 is 0.789 bits per heavy atom. The highest BCUT2D eigenvalue weighted by Crippen LogP contribution is 2.48. The van der Waals surface area contributed by atoms with E-state index in [-0.39, 0.29) is 0 Å². The van der Waals surface area contributed by atoms with Crippen molar-refractivity contribution in [2.24, 2.45) is 0 Å². The van der Waals surface area contributed by atoms with Crippen LogP contribution in [0.5, 0.6) is 0 Å². The van der Waals surface area contributed by atoms with Gasteiger partial charge in [-0.05, 0) is 0 Å². The first-order valence-corrected chi connectivity index (χ1v) is 7.01. The Morgan fingerprint density at radius 2 is 1.16 bits per heavy atom. The molecule has 0 heterocycles.